The molecule has 0 saturated carbocycles. The van der Waals surface area contributed by atoms with Crippen LogP contribution < -0.4 is 5.32 Å². The summed E-state index contributed by atoms with van der Waals surface area (Å²) >= 11 is 0. The summed E-state index contributed by atoms with van der Waals surface area (Å²) in [7, 11) is 4.05. The van der Waals surface area contributed by atoms with E-state index < -0.39 is 0 Å². The van der Waals surface area contributed by atoms with Crippen molar-refractivity contribution in [3.05, 3.63) is 66.0 Å². The Balaban J connectivity index is 1.83. The summed E-state index contributed by atoms with van der Waals surface area (Å²) in [6, 6.07) is 14.2. The first kappa shape index (κ1) is 18.9. The topological polar surface area (TPSA) is 48.5 Å². The van der Waals surface area contributed by atoms with Crippen LogP contribution in [0.15, 0.2) is 54.9 Å². The van der Waals surface area contributed by atoms with E-state index in [2.05, 4.69) is 39.5 Å². The lowest BCUT2D eigenvalue weighted by Gasteiger charge is -2.25. The third-order valence-corrected chi connectivity index (χ3v) is 4.03. The van der Waals surface area contributed by atoms with Gasteiger partial charge in [0.2, 0.25) is 0 Å². The highest BCUT2D eigenvalue weighted by molar-refractivity contribution is 5.74. The van der Waals surface area contributed by atoms with Crippen LogP contribution in [-0.2, 0) is 13.0 Å². The molecule has 1 heterocycles. The van der Waals surface area contributed by atoms with Crippen molar-refractivity contribution < 1.29 is 4.79 Å². The van der Waals surface area contributed by atoms with Gasteiger partial charge in [0, 0.05) is 38.6 Å². The molecule has 0 unspecified atom stereocenters. The predicted molar refractivity (Wildman–Crippen MR) is 101 cm³/mol. The Hall–Kier alpha value is -2.40. The van der Waals surface area contributed by atoms with E-state index in [0.717, 1.165) is 38.0 Å². The van der Waals surface area contributed by atoms with E-state index in [1.54, 1.807) is 12.4 Å². The molecular weight excluding hydrogens is 312 g/mol. The van der Waals surface area contributed by atoms with Crippen LogP contribution in [0.2, 0.25) is 0 Å². The maximum atomic E-state index is 12.6. The molecular formula is C20H28N4O. The number of carbonyl (C=O) groups is 1. The molecule has 0 atom stereocenters. The van der Waals surface area contributed by atoms with Crippen molar-refractivity contribution in [1.29, 1.82) is 0 Å². The van der Waals surface area contributed by atoms with E-state index in [1.165, 1.54) is 5.56 Å². The molecule has 0 saturated heterocycles. The second-order valence-electron chi connectivity index (χ2n) is 6.39. The van der Waals surface area contributed by atoms with Gasteiger partial charge in [-0.1, -0.05) is 30.3 Å². The Bertz CT molecular complexity index is 616. The number of hydrogen-bond donors (Lipinski definition) is 1. The van der Waals surface area contributed by atoms with Gasteiger partial charge >= 0.3 is 6.03 Å². The maximum absolute atomic E-state index is 12.6. The molecule has 25 heavy (non-hydrogen) atoms. The van der Waals surface area contributed by atoms with Crippen molar-refractivity contribution in [3.63, 3.8) is 0 Å². The lowest BCUT2D eigenvalue weighted by atomic mass is 10.1. The van der Waals surface area contributed by atoms with Crippen molar-refractivity contribution in [2.24, 2.45) is 0 Å². The van der Waals surface area contributed by atoms with E-state index in [-0.39, 0.29) is 6.03 Å². The molecule has 1 aromatic carbocycles. The zero-order valence-electron chi connectivity index (χ0n) is 15.2. The summed E-state index contributed by atoms with van der Waals surface area (Å²) in [5.74, 6) is 0. The second kappa shape index (κ2) is 10.5. The van der Waals surface area contributed by atoms with Crippen LogP contribution in [0.4, 0.5) is 4.79 Å². The molecule has 0 aliphatic carbocycles. The molecule has 0 fully saturated rings. The molecule has 0 bridgehead atoms. The molecule has 0 radical (unpaired) electrons. The Morgan fingerprint density at radius 3 is 2.36 bits per heavy atom. The van der Waals surface area contributed by atoms with Crippen LogP contribution in [0.5, 0.6) is 0 Å². The van der Waals surface area contributed by atoms with Gasteiger partial charge in [-0.3, -0.25) is 4.98 Å². The molecule has 1 N–H and O–H groups in total. The quantitative estimate of drug-likeness (QED) is 0.764. The number of rotatable bonds is 9. The second-order valence-corrected chi connectivity index (χ2v) is 6.39. The van der Waals surface area contributed by atoms with Crippen molar-refractivity contribution in [1.82, 2.24) is 20.1 Å². The fourth-order valence-corrected chi connectivity index (χ4v) is 2.54. The van der Waals surface area contributed by atoms with Gasteiger partial charge in [-0.25, -0.2) is 4.79 Å². The van der Waals surface area contributed by atoms with Crippen LogP contribution in [0.3, 0.4) is 0 Å². The Kier molecular flexibility index (Phi) is 7.92. The highest BCUT2D eigenvalue weighted by Crippen LogP contribution is 2.04. The monoisotopic (exact) mass is 340 g/mol. The predicted octanol–water partition coefficient (Wildman–Crippen LogP) is 2.79. The lowest BCUT2D eigenvalue weighted by Crippen LogP contribution is -2.43. The first-order valence-electron chi connectivity index (χ1n) is 8.75. The molecule has 5 heteroatoms. The van der Waals surface area contributed by atoms with Gasteiger partial charge in [-0.05, 0) is 50.2 Å². The summed E-state index contributed by atoms with van der Waals surface area (Å²) in [4.78, 5) is 20.6. The van der Waals surface area contributed by atoms with E-state index in [4.69, 9.17) is 0 Å². The fourth-order valence-electron chi connectivity index (χ4n) is 2.54. The zero-order chi connectivity index (χ0) is 17.9. The van der Waals surface area contributed by atoms with Crippen molar-refractivity contribution in [3.8, 4) is 0 Å². The minimum Gasteiger partial charge on any atom is -0.334 e. The lowest BCUT2D eigenvalue weighted by molar-refractivity contribution is 0.190. The minimum atomic E-state index is -0.00766. The first-order valence-corrected chi connectivity index (χ1v) is 8.75. The molecule has 0 spiro atoms. The van der Waals surface area contributed by atoms with Crippen molar-refractivity contribution >= 4 is 6.03 Å². The summed E-state index contributed by atoms with van der Waals surface area (Å²) in [6.07, 6.45) is 5.42. The van der Waals surface area contributed by atoms with Gasteiger partial charge in [-0.2, -0.15) is 0 Å². The first-order chi connectivity index (χ1) is 12.1. The fraction of sp³-hybridized carbons (Fsp3) is 0.400. The summed E-state index contributed by atoms with van der Waals surface area (Å²) in [5.41, 5.74) is 2.37. The number of nitrogens with zero attached hydrogens (tertiary/aromatic N) is 3. The smallest absolute Gasteiger partial charge is 0.317 e. The summed E-state index contributed by atoms with van der Waals surface area (Å²) in [5, 5.41) is 3.01. The van der Waals surface area contributed by atoms with Crippen molar-refractivity contribution in [2.45, 2.75) is 19.4 Å². The largest absolute Gasteiger partial charge is 0.334 e. The SMILES string of the molecule is CN(C)CCN(CCCc1ccccc1)C(=O)NCc1ccncc1. The van der Waals surface area contributed by atoms with Gasteiger partial charge in [0.05, 0.1) is 0 Å². The van der Waals surface area contributed by atoms with Gasteiger partial charge in [0.1, 0.15) is 0 Å². The Labute approximate surface area is 150 Å². The molecule has 0 aliphatic rings. The third kappa shape index (κ3) is 7.35. The van der Waals surface area contributed by atoms with Crippen molar-refractivity contribution in [2.75, 3.05) is 33.7 Å². The maximum Gasteiger partial charge on any atom is 0.317 e. The molecule has 134 valence electrons. The van der Waals surface area contributed by atoms with Crippen LogP contribution in [-0.4, -0.2) is 54.5 Å². The number of amides is 2. The average Bonchev–Trinajstić information content (AvgIpc) is 2.64. The van der Waals surface area contributed by atoms with Crippen LogP contribution in [0.25, 0.3) is 0 Å². The summed E-state index contributed by atoms with van der Waals surface area (Å²) in [6.45, 7) is 2.86. The highest BCUT2D eigenvalue weighted by atomic mass is 16.2. The van der Waals surface area contributed by atoms with Gasteiger partial charge in [0.25, 0.3) is 0 Å². The van der Waals surface area contributed by atoms with Crippen LogP contribution in [0.1, 0.15) is 17.5 Å². The number of aryl methyl sites for hydroxylation is 1. The number of pyridine rings is 1. The van der Waals surface area contributed by atoms with E-state index in [1.807, 2.05) is 37.2 Å². The molecule has 2 aromatic rings. The molecule has 0 aliphatic heterocycles. The molecule has 5 nitrogen and oxygen atoms in total. The van der Waals surface area contributed by atoms with E-state index in [9.17, 15) is 4.79 Å². The highest BCUT2D eigenvalue weighted by Gasteiger charge is 2.13. The summed E-state index contributed by atoms with van der Waals surface area (Å²) < 4.78 is 0. The van der Waals surface area contributed by atoms with E-state index >= 15 is 0 Å². The van der Waals surface area contributed by atoms with E-state index in [0.29, 0.717) is 6.54 Å². The number of hydrogen-bond acceptors (Lipinski definition) is 3. The average molecular weight is 340 g/mol. The Morgan fingerprint density at radius 2 is 1.68 bits per heavy atom. The number of aromatic nitrogens is 1. The number of likely N-dealkylation sites (N-methyl/N-ethyl adjacent to an activating group) is 1. The van der Waals surface area contributed by atoms with Gasteiger partial charge in [-0.15, -0.1) is 0 Å². The molecule has 2 amide bonds. The Morgan fingerprint density at radius 1 is 0.960 bits per heavy atom. The third-order valence-electron chi connectivity index (χ3n) is 4.03. The molecule has 1 aromatic heterocycles. The molecule has 2 rings (SSSR count). The van der Waals surface area contributed by atoms with Crippen LogP contribution in [0, 0.1) is 0 Å². The number of urea groups is 1. The zero-order valence-corrected chi connectivity index (χ0v) is 15.2. The van der Waals surface area contributed by atoms with Gasteiger partial charge < -0.3 is 15.1 Å². The standard InChI is InChI=1S/C20H28N4O/c1-23(2)15-16-24(14-6-9-18-7-4-3-5-8-18)20(25)22-17-19-10-12-21-13-11-19/h3-5,7-8,10-13H,6,9,14-17H2,1-2H3,(H,22,25). The normalized spacial score (nSPS) is 10.7. The minimum absolute atomic E-state index is 0.00766. The number of carbonyl (C=O) groups excluding carboxylic acids is 1. The van der Waals surface area contributed by atoms with Crippen LogP contribution >= 0.6 is 0 Å². The number of benzene rings is 1. The number of nitrogens with one attached hydrogen (secondary N) is 1. The van der Waals surface area contributed by atoms with Gasteiger partial charge in [0.15, 0.2) is 0 Å².